The second-order valence-electron chi connectivity index (χ2n) is 7.99. The van der Waals surface area contributed by atoms with E-state index in [4.69, 9.17) is 5.73 Å². The maximum Gasteiger partial charge on any atom is 0.248 e. The lowest BCUT2D eigenvalue weighted by atomic mass is 9.89. The number of hydrogen-bond acceptors (Lipinski definition) is 3. The minimum atomic E-state index is -0.370. The lowest BCUT2D eigenvalue weighted by Gasteiger charge is -2.15. The summed E-state index contributed by atoms with van der Waals surface area (Å²) in [6.45, 7) is 0. The fourth-order valence-electron chi connectivity index (χ4n) is 4.64. The van der Waals surface area contributed by atoms with Gasteiger partial charge in [-0.2, -0.15) is 0 Å². The molecule has 1 aliphatic rings. The topological polar surface area (TPSA) is 92.0 Å². The van der Waals surface area contributed by atoms with Gasteiger partial charge < -0.3 is 15.8 Å². The number of aromatic hydroxyl groups is 1. The highest BCUT2D eigenvalue weighted by atomic mass is 16.3. The Kier molecular flexibility index (Phi) is 4.51. The molecule has 1 amide bonds. The van der Waals surface area contributed by atoms with Crippen molar-refractivity contribution < 1.29 is 9.90 Å². The molecule has 0 saturated heterocycles. The number of rotatable bonds is 4. The van der Waals surface area contributed by atoms with Gasteiger partial charge in [-0.1, -0.05) is 43.2 Å². The number of phenols is 1. The molecule has 4 N–H and O–H groups in total. The second-order valence-corrected chi connectivity index (χ2v) is 7.99. The summed E-state index contributed by atoms with van der Waals surface area (Å²) in [5.74, 6) is 0.239. The normalized spacial score (nSPS) is 14.4. The van der Waals surface area contributed by atoms with Gasteiger partial charge in [-0.05, 0) is 48.1 Å². The van der Waals surface area contributed by atoms with E-state index in [-0.39, 0.29) is 11.7 Å². The number of primary amides is 1. The van der Waals surface area contributed by atoms with E-state index >= 15 is 0 Å². The first-order valence-corrected chi connectivity index (χ1v) is 10.3. The van der Waals surface area contributed by atoms with E-state index in [1.165, 1.54) is 12.8 Å². The van der Waals surface area contributed by atoms with Crippen LogP contribution in [0.25, 0.3) is 33.3 Å². The second kappa shape index (κ2) is 7.34. The maximum atomic E-state index is 12.0. The summed E-state index contributed by atoms with van der Waals surface area (Å²) in [6, 6.07) is 15.2. The zero-order chi connectivity index (χ0) is 20.7. The van der Waals surface area contributed by atoms with E-state index in [0.29, 0.717) is 11.5 Å². The summed E-state index contributed by atoms with van der Waals surface area (Å²) in [7, 11) is 0. The smallest absolute Gasteiger partial charge is 0.248 e. The molecule has 4 aromatic rings. The maximum absolute atomic E-state index is 12.0. The number of pyridine rings is 1. The zero-order valence-corrected chi connectivity index (χ0v) is 16.6. The van der Waals surface area contributed by atoms with Gasteiger partial charge in [-0.15, -0.1) is 0 Å². The number of fused-ring (bicyclic) bond motifs is 1. The number of benzene rings is 2. The van der Waals surface area contributed by atoms with Crippen LogP contribution in [0.5, 0.6) is 5.75 Å². The van der Waals surface area contributed by atoms with Crippen molar-refractivity contribution in [3.8, 4) is 28.0 Å². The van der Waals surface area contributed by atoms with Gasteiger partial charge in [0.1, 0.15) is 11.4 Å². The van der Waals surface area contributed by atoms with Crippen LogP contribution in [0.4, 0.5) is 0 Å². The SMILES string of the molecule is NC(=O)c1ccc(-c2c[nH]c3ncc(-c4ccccc4O)cc23)cc1C1CCCC1. The molecule has 2 heterocycles. The summed E-state index contributed by atoms with van der Waals surface area (Å²) in [5.41, 5.74) is 11.8. The molecule has 150 valence electrons. The Labute approximate surface area is 174 Å². The molecule has 0 unspecified atom stereocenters. The Morgan fingerprint density at radius 1 is 1.03 bits per heavy atom. The van der Waals surface area contributed by atoms with Crippen molar-refractivity contribution in [2.24, 2.45) is 5.73 Å². The number of nitrogens with one attached hydrogen (secondary N) is 1. The van der Waals surface area contributed by atoms with E-state index in [1.54, 1.807) is 18.3 Å². The molecule has 2 aromatic carbocycles. The number of carbonyl (C=O) groups is 1. The predicted octanol–water partition coefficient (Wildman–Crippen LogP) is 5.36. The van der Waals surface area contributed by atoms with Crippen LogP contribution in [0.1, 0.15) is 47.5 Å². The van der Waals surface area contributed by atoms with Crippen LogP contribution in [-0.2, 0) is 0 Å². The highest BCUT2D eigenvalue weighted by Gasteiger charge is 2.23. The first-order chi connectivity index (χ1) is 14.6. The lowest BCUT2D eigenvalue weighted by molar-refractivity contribution is 0.0999. The van der Waals surface area contributed by atoms with E-state index in [1.807, 2.05) is 36.5 Å². The van der Waals surface area contributed by atoms with Gasteiger partial charge in [0.25, 0.3) is 0 Å². The number of nitrogens with zero attached hydrogens (tertiary/aromatic N) is 1. The van der Waals surface area contributed by atoms with Crippen molar-refractivity contribution in [2.45, 2.75) is 31.6 Å². The Hall–Kier alpha value is -3.60. The highest BCUT2D eigenvalue weighted by molar-refractivity contribution is 5.98. The summed E-state index contributed by atoms with van der Waals surface area (Å²) in [5, 5.41) is 11.2. The molecule has 1 saturated carbocycles. The van der Waals surface area contributed by atoms with Crippen LogP contribution in [0.3, 0.4) is 0 Å². The van der Waals surface area contributed by atoms with Gasteiger partial charge in [0, 0.05) is 40.0 Å². The number of hydrogen-bond donors (Lipinski definition) is 3. The van der Waals surface area contributed by atoms with Gasteiger partial charge in [-0.3, -0.25) is 4.79 Å². The molecule has 2 aromatic heterocycles. The fourth-order valence-corrected chi connectivity index (χ4v) is 4.64. The monoisotopic (exact) mass is 397 g/mol. The van der Waals surface area contributed by atoms with Crippen LogP contribution in [0.15, 0.2) is 60.9 Å². The van der Waals surface area contributed by atoms with Crippen LogP contribution in [0.2, 0.25) is 0 Å². The first-order valence-electron chi connectivity index (χ1n) is 10.3. The number of nitrogens with two attached hydrogens (primary N) is 1. The van der Waals surface area contributed by atoms with Crippen molar-refractivity contribution >= 4 is 16.9 Å². The number of aromatic nitrogens is 2. The average Bonchev–Trinajstić information content (AvgIpc) is 3.43. The minimum absolute atomic E-state index is 0.227. The van der Waals surface area contributed by atoms with Crippen molar-refractivity contribution in [3.05, 3.63) is 72.1 Å². The predicted molar refractivity (Wildman–Crippen MR) is 118 cm³/mol. The van der Waals surface area contributed by atoms with Crippen molar-refractivity contribution in [2.75, 3.05) is 0 Å². The van der Waals surface area contributed by atoms with Gasteiger partial charge >= 0.3 is 0 Å². The third-order valence-corrected chi connectivity index (χ3v) is 6.17. The summed E-state index contributed by atoms with van der Waals surface area (Å²) in [6.07, 6.45) is 8.27. The van der Waals surface area contributed by atoms with E-state index in [2.05, 4.69) is 16.0 Å². The molecular weight excluding hydrogens is 374 g/mol. The molecule has 0 radical (unpaired) electrons. The van der Waals surface area contributed by atoms with Gasteiger partial charge in [0.05, 0.1) is 0 Å². The van der Waals surface area contributed by atoms with E-state index in [0.717, 1.165) is 51.7 Å². The van der Waals surface area contributed by atoms with Crippen LogP contribution >= 0.6 is 0 Å². The first kappa shape index (κ1) is 18.4. The molecule has 5 rings (SSSR count). The van der Waals surface area contributed by atoms with Gasteiger partial charge in [-0.25, -0.2) is 4.98 Å². The minimum Gasteiger partial charge on any atom is -0.507 e. The Morgan fingerprint density at radius 3 is 2.60 bits per heavy atom. The Morgan fingerprint density at radius 2 is 1.83 bits per heavy atom. The quantitative estimate of drug-likeness (QED) is 0.433. The molecule has 0 atom stereocenters. The largest absolute Gasteiger partial charge is 0.507 e. The Balaban J connectivity index is 1.64. The zero-order valence-electron chi connectivity index (χ0n) is 16.6. The highest BCUT2D eigenvalue weighted by Crippen LogP contribution is 2.39. The molecule has 1 aliphatic carbocycles. The number of phenolic OH excluding ortho intramolecular Hbond substituents is 1. The molecule has 0 aliphatic heterocycles. The van der Waals surface area contributed by atoms with Crippen molar-refractivity contribution in [3.63, 3.8) is 0 Å². The van der Waals surface area contributed by atoms with Crippen LogP contribution in [0, 0.1) is 0 Å². The summed E-state index contributed by atoms with van der Waals surface area (Å²) < 4.78 is 0. The number of aromatic amines is 1. The van der Waals surface area contributed by atoms with Crippen molar-refractivity contribution in [1.29, 1.82) is 0 Å². The summed E-state index contributed by atoms with van der Waals surface area (Å²) >= 11 is 0. The van der Waals surface area contributed by atoms with Gasteiger partial charge in [0.15, 0.2) is 0 Å². The molecule has 30 heavy (non-hydrogen) atoms. The Bertz CT molecular complexity index is 1250. The fraction of sp³-hybridized carbons (Fsp3) is 0.200. The standard InChI is InChI=1S/C25H23N3O2/c26-24(30)19-10-9-16(11-20(19)15-5-1-2-6-15)22-14-28-25-21(22)12-17(13-27-25)18-7-3-4-8-23(18)29/h3-4,7-15,29H,1-2,5-6H2,(H2,26,30)(H,27,28). The number of H-pyrrole nitrogens is 1. The van der Waals surface area contributed by atoms with Crippen LogP contribution in [-0.4, -0.2) is 21.0 Å². The number of amides is 1. The molecule has 0 bridgehead atoms. The third-order valence-electron chi connectivity index (χ3n) is 6.17. The van der Waals surface area contributed by atoms with Gasteiger partial charge in [0.2, 0.25) is 5.91 Å². The molecule has 5 heteroatoms. The molecule has 1 fully saturated rings. The molecule has 5 nitrogen and oxygen atoms in total. The number of carbonyl (C=O) groups excluding carboxylic acids is 1. The summed E-state index contributed by atoms with van der Waals surface area (Å²) in [4.78, 5) is 19.8. The molecule has 0 spiro atoms. The van der Waals surface area contributed by atoms with Crippen LogP contribution < -0.4 is 5.73 Å². The van der Waals surface area contributed by atoms with E-state index in [9.17, 15) is 9.90 Å². The average molecular weight is 397 g/mol. The van der Waals surface area contributed by atoms with E-state index < -0.39 is 0 Å². The van der Waals surface area contributed by atoms with Crippen molar-refractivity contribution in [1.82, 2.24) is 9.97 Å². The number of para-hydroxylation sites is 1. The molecular formula is C25H23N3O2. The lowest BCUT2D eigenvalue weighted by Crippen LogP contribution is -2.15. The third kappa shape index (κ3) is 3.12.